The molecule has 16 heavy (non-hydrogen) atoms. The molecule has 2 aromatic rings. The van der Waals surface area contributed by atoms with Gasteiger partial charge in [-0.1, -0.05) is 42.5 Å². The predicted octanol–water partition coefficient (Wildman–Crippen LogP) is 3.11. The molecule has 1 radical (unpaired) electrons. The molecule has 2 aromatic carbocycles. The Morgan fingerprint density at radius 3 is 2.56 bits per heavy atom. The van der Waals surface area contributed by atoms with Gasteiger partial charge in [0.25, 0.3) is 0 Å². The largest absolute Gasteiger partial charge is 0.326 e. The molecule has 0 heterocycles. The summed E-state index contributed by atoms with van der Waals surface area (Å²) in [6.07, 6.45) is 0. The maximum atomic E-state index is 10.9. The summed E-state index contributed by atoms with van der Waals surface area (Å²) in [7, 11) is 0. The van der Waals surface area contributed by atoms with Crippen molar-refractivity contribution >= 4 is 11.6 Å². The molecule has 0 bridgehead atoms. The van der Waals surface area contributed by atoms with Crippen molar-refractivity contribution in [3.8, 4) is 11.1 Å². The van der Waals surface area contributed by atoms with Crippen LogP contribution in [0.4, 0.5) is 5.69 Å². The number of anilines is 1. The van der Waals surface area contributed by atoms with Gasteiger partial charge in [0.05, 0.1) is 0 Å². The van der Waals surface area contributed by atoms with Gasteiger partial charge in [-0.15, -0.1) is 0 Å². The van der Waals surface area contributed by atoms with Gasteiger partial charge in [-0.25, -0.2) is 0 Å². The van der Waals surface area contributed by atoms with Crippen LogP contribution in [0.15, 0.2) is 48.5 Å². The average molecular weight is 210 g/mol. The van der Waals surface area contributed by atoms with Crippen molar-refractivity contribution in [1.82, 2.24) is 0 Å². The molecule has 0 fully saturated rings. The van der Waals surface area contributed by atoms with E-state index in [-0.39, 0.29) is 5.91 Å². The van der Waals surface area contributed by atoms with Crippen LogP contribution in [0, 0.1) is 6.07 Å². The number of carbonyl (C=O) groups is 1. The van der Waals surface area contributed by atoms with Crippen LogP contribution in [0.1, 0.15) is 6.92 Å². The highest BCUT2D eigenvalue weighted by Crippen LogP contribution is 2.21. The second-order valence-corrected chi connectivity index (χ2v) is 3.54. The van der Waals surface area contributed by atoms with Gasteiger partial charge < -0.3 is 5.32 Å². The summed E-state index contributed by atoms with van der Waals surface area (Å²) in [5, 5.41) is 2.72. The summed E-state index contributed by atoms with van der Waals surface area (Å²) >= 11 is 0. The average Bonchev–Trinajstić information content (AvgIpc) is 2.30. The normalized spacial score (nSPS) is 9.81. The number of hydrogen-bond donors (Lipinski definition) is 1. The Morgan fingerprint density at radius 2 is 1.88 bits per heavy atom. The molecular formula is C14H12NO. The van der Waals surface area contributed by atoms with E-state index in [1.807, 2.05) is 48.5 Å². The van der Waals surface area contributed by atoms with Crippen LogP contribution in [-0.4, -0.2) is 5.91 Å². The van der Waals surface area contributed by atoms with Crippen LogP contribution in [0.3, 0.4) is 0 Å². The summed E-state index contributed by atoms with van der Waals surface area (Å²) in [6, 6.07) is 18.7. The molecule has 1 amide bonds. The number of amides is 1. The van der Waals surface area contributed by atoms with Crippen molar-refractivity contribution in [3.63, 3.8) is 0 Å². The van der Waals surface area contributed by atoms with Gasteiger partial charge >= 0.3 is 0 Å². The van der Waals surface area contributed by atoms with Gasteiger partial charge in [-0.05, 0) is 17.2 Å². The third kappa shape index (κ3) is 2.48. The summed E-state index contributed by atoms with van der Waals surface area (Å²) in [6.45, 7) is 1.49. The molecule has 2 heteroatoms. The SMILES string of the molecule is CC(=O)Nc1[c]ccc(-c2ccccc2)c1. The zero-order chi connectivity index (χ0) is 11.4. The first-order chi connectivity index (χ1) is 7.75. The first-order valence-electron chi connectivity index (χ1n) is 5.10. The molecule has 2 rings (SSSR count). The molecule has 0 spiro atoms. The van der Waals surface area contributed by atoms with Gasteiger partial charge in [0.2, 0.25) is 5.91 Å². The van der Waals surface area contributed by atoms with Crippen molar-refractivity contribution in [2.45, 2.75) is 6.92 Å². The molecule has 0 aliphatic rings. The lowest BCUT2D eigenvalue weighted by molar-refractivity contribution is -0.114. The van der Waals surface area contributed by atoms with E-state index in [0.29, 0.717) is 5.69 Å². The van der Waals surface area contributed by atoms with E-state index in [2.05, 4.69) is 11.4 Å². The van der Waals surface area contributed by atoms with Gasteiger partial charge in [0.1, 0.15) is 0 Å². The molecule has 2 nitrogen and oxygen atoms in total. The molecule has 79 valence electrons. The number of rotatable bonds is 2. The summed E-state index contributed by atoms with van der Waals surface area (Å²) in [4.78, 5) is 10.9. The van der Waals surface area contributed by atoms with E-state index in [9.17, 15) is 4.79 Å². The molecule has 0 saturated carbocycles. The maximum Gasteiger partial charge on any atom is 0.221 e. The molecule has 0 unspecified atom stereocenters. The standard InChI is InChI=1S/C14H12NO/c1-11(16)15-14-9-5-8-13(10-14)12-6-3-2-4-7-12/h2-8,10H,1H3,(H,15,16). The third-order valence-corrected chi connectivity index (χ3v) is 2.22. The van der Waals surface area contributed by atoms with Crippen molar-refractivity contribution in [2.24, 2.45) is 0 Å². The van der Waals surface area contributed by atoms with Gasteiger partial charge in [-0.2, -0.15) is 0 Å². The molecular weight excluding hydrogens is 198 g/mol. The van der Waals surface area contributed by atoms with E-state index in [4.69, 9.17) is 0 Å². The molecule has 0 aliphatic heterocycles. The minimum Gasteiger partial charge on any atom is -0.326 e. The van der Waals surface area contributed by atoms with E-state index in [1.54, 1.807) is 0 Å². The zero-order valence-electron chi connectivity index (χ0n) is 9.03. The molecule has 0 aliphatic carbocycles. The summed E-state index contributed by atoms with van der Waals surface area (Å²) < 4.78 is 0. The molecule has 0 saturated heterocycles. The first-order valence-corrected chi connectivity index (χ1v) is 5.10. The quantitative estimate of drug-likeness (QED) is 0.810. The van der Waals surface area contributed by atoms with E-state index >= 15 is 0 Å². The summed E-state index contributed by atoms with van der Waals surface area (Å²) in [5.41, 5.74) is 2.90. The fourth-order valence-electron chi connectivity index (χ4n) is 1.54. The Balaban J connectivity index is 2.33. The second kappa shape index (κ2) is 4.62. The minimum atomic E-state index is -0.0820. The van der Waals surface area contributed by atoms with Crippen molar-refractivity contribution in [1.29, 1.82) is 0 Å². The van der Waals surface area contributed by atoms with Crippen LogP contribution in [-0.2, 0) is 4.79 Å². The second-order valence-electron chi connectivity index (χ2n) is 3.54. The highest BCUT2D eigenvalue weighted by Gasteiger charge is 1.99. The zero-order valence-corrected chi connectivity index (χ0v) is 9.03. The van der Waals surface area contributed by atoms with Gasteiger partial charge in [0.15, 0.2) is 0 Å². The highest BCUT2D eigenvalue weighted by atomic mass is 16.1. The van der Waals surface area contributed by atoms with Crippen LogP contribution < -0.4 is 5.32 Å². The van der Waals surface area contributed by atoms with Gasteiger partial charge in [0, 0.05) is 18.7 Å². The smallest absolute Gasteiger partial charge is 0.221 e. The van der Waals surface area contributed by atoms with Gasteiger partial charge in [-0.3, -0.25) is 4.79 Å². The fourth-order valence-corrected chi connectivity index (χ4v) is 1.54. The summed E-state index contributed by atoms with van der Waals surface area (Å²) in [5.74, 6) is -0.0820. The third-order valence-electron chi connectivity index (χ3n) is 2.22. The Kier molecular flexibility index (Phi) is 3.01. The Bertz CT molecular complexity index is 491. The Hall–Kier alpha value is -2.09. The topological polar surface area (TPSA) is 29.1 Å². The van der Waals surface area contributed by atoms with E-state index in [0.717, 1.165) is 11.1 Å². The van der Waals surface area contributed by atoms with Crippen molar-refractivity contribution < 1.29 is 4.79 Å². The monoisotopic (exact) mass is 210 g/mol. The Morgan fingerprint density at radius 1 is 1.12 bits per heavy atom. The number of carbonyl (C=O) groups excluding carboxylic acids is 1. The molecule has 0 aromatic heterocycles. The maximum absolute atomic E-state index is 10.9. The Labute approximate surface area is 94.9 Å². The lowest BCUT2D eigenvalue weighted by atomic mass is 10.1. The molecule has 0 atom stereocenters. The van der Waals surface area contributed by atoms with Crippen LogP contribution in [0.25, 0.3) is 11.1 Å². The van der Waals surface area contributed by atoms with Crippen LogP contribution >= 0.6 is 0 Å². The number of benzene rings is 2. The first kappa shape index (κ1) is 10.4. The van der Waals surface area contributed by atoms with E-state index < -0.39 is 0 Å². The predicted molar refractivity (Wildman–Crippen MR) is 65.0 cm³/mol. The lowest BCUT2D eigenvalue weighted by Gasteiger charge is -2.05. The van der Waals surface area contributed by atoms with Crippen molar-refractivity contribution in [3.05, 3.63) is 54.6 Å². The molecule has 1 N–H and O–H groups in total. The van der Waals surface area contributed by atoms with Crippen LogP contribution in [0.2, 0.25) is 0 Å². The fraction of sp³-hybridized carbons (Fsp3) is 0.0714. The van der Waals surface area contributed by atoms with Crippen LogP contribution in [0.5, 0.6) is 0 Å². The number of nitrogens with one attached hydrogen (secondary N) is 1. The number of hydrogen-bond acceptors (Lipinski definition) is 1. The minimum absolute atomic E-state index is 0.0820. The lowest BCUT2D eigenvalue weighted by Crippen LogP contribution is -2.05. The van der Waals surface area contributed by atoms with E-state index in [1.165, 1.54) is 6.92 Å². The van der Waals surface area contributed by atoms with Crippen molar-refractivity contribution in [2.75, 3.05) is 5.32 Å². The highest BCUT2D eigenvalue weighted by molar-refractivity contribution is 5.89.